The Morgan fingerprint density at radius 2 is 0.971 bits per heavy atom. The Labute approximate surface area is 209 Å². The van der Waals surface area contributed by atoms with E-state index in [1.165, 1.54) is 27.8 Å². The van der Waals surface area contributed by atoms with Gasteiger partial charge in [-0.1, -0.05) is 111 Å². The van der Waals surface area contributed by atoms with Crippen LogP contribution in [0.4, 0.5) is 17.1 Å². The van der Waals surface area contributed by atoms with E-state index >= 15 is 0 Å². The van der Waals surface area contributed by atoms with Crippen molar-refractivity contribution >= 4 is 17.1 Å². The zero-order chi connectivity index (χ0) is 24.0. The standard InChI is InChI=1S/C34H31N/c1-3-26(2)27-17-19-30(20-18-27)31-13-10-16-34(25-31)35(32-14-8-5-9-15-32)33-23-21-29(22-24-33)28-11-6-4-7-12-28/h4-26H,3H2,1-2H3. The highest BCUT2D eigenvalue weighted by Gasteiger charge is 2.13. The lowest BCUT2D eigenvalue weighted by atomic mass is 9.95. The summed E-state index contributed by atoms with van der Waals surface area (Å²) >= 11 is 0. The van der Waals surface area contributed by atoms with E-state index in [4.69, 9.17) is 0 Å². The zero-order valence-corrected chi connectivity index (χ0v) is 20.4. The van der Waals surface area contributed by atoms with Crippen LogP contribution in [0.25, 0.3) is 22.3 Å². The molecule has 5 aromatic carbocycles. The first-order valence-corrected chi connectivity index (χ1v) is 12.4. The third-order valence-electron chi connectivity index (χ3n) is 6.78. The molecule has 0 bridgehead atoms. The Bertz CT molecular complexity index is 1350. The van der Waals surface area contributed by atoms with Crippen LogP contribution in [0.1, 0.15) is 31.7 Å². The number of hydrogen-bond acceptors (Lipinski definition) is 1. The molecule has 5 aromatic rings. The average molecular weight is 454 g/mol. The van der Waals surface area contributed by atoms with Gasteiger partial charge in [0.2, 0.25) is 0 Å². The second-order valence-corrected chi connectivity index (χ2v) is 9.07. The van der Waals surface area contributed by atoms with Gasteiger partial charge in [0.15, 0.2) is 0 Å². The van der Waals surface area contributed by atoms with Crippen molar-refractivity contribution in [1.82, 2.24) is 0 Å². The lowest BCUT2D eigenvalue weighted by Crippen LogP contribution is -2.09. The van der Waals surface area contributed by atoms with Gasteiger partial charge in [-0.3, -0.25) is 0 Å². The van der Waals surface area contributed by atoms with Crippen molar-refractivity contribution in [3.8, 4) is 22.3 Å². The van der Waals surface area contributed by atoms with E-state index in [0.717, 1.165) is 23.5 Å². The maximum absolute atomic E-state index is 2.33. The molecule has 0 aliphatic heterocycles. The molecule has 1 unspecified atom stereocenters. The van der Waals surface area contributed by atoms with E-state index in [9.17, 15) is 0 Å². The molecule has 0 aliphatic rings. The van der Waals surface area contributed by atoms with Crippen molar-refractivity contribution in [2.24, 2.45) is 0 Å². The number of anilines is 3. The highest BCUT2D eigenvalue weighted by atomic mass is 15.1. The van der Waals surface area contributed by atoms with Gasteiger partial charge in [-0.15, -0.1) is 0 Å². The summed E-state index contributed by atoms with van der Waals surface area (Å²) in [5, 5.41) is 0. The van der Waals surface area contributed by atoms with Crippen molar-refractivity contribution in [3.05, 3.63) is 139 Å². The van der Waals surface area contributed by atoms with E-state index in [-0.39, 0.29) is 0 Å². The van der Waals surface area contributed by atoms with Crippen LogP contribution in [0.5, 0.6) is 0 Å². The van der Waals surface area contributed by atoms with E-state index in [2.05, 4.69) is 152 Å². The van der Waals surface area contributed by atoms with Crippen LogP contribution in [-0.4, -0.2) is 0 Å². The number of nitrogens with zero attached hydrogens (tertiary/aromatic N) is 1. The van der Waals surface area contributed by atoms with Gasteiger partial charge < -0.3 is 4.90 Å². The van der Waals surface area contributed by atoms with Crippen molar-refractivity contribution in [3.63, 3.8) is 0 Å². The maximum atomic E-state index is 2.33. The summed E-state index contributed by atoms with van der Waals surface area (Å²) < 4.78 is 0. The van der Waals surface area contributed by atoms with Gasteiger partial charge in [0.25, 0.3) is 0 Å². The summed E-state index contributed by atoms with van der Waals surface area (Å²) in [6.07, 6.45) is 1.16. The zero-order valence-electron chi connectivity index (χ0n) is 20.4. The van der Waals surface area contributed by atoms with Crippen molar-refractivity contribution in [1.29, 1.82) is 0 Å². The Kier molecular flexibility index (Phi) is 6.77. The molecule has 1 atom stereocenters. The van der Waals surface area contributed by atoms with Crippen molar-refractivity contribution in [2.75, 3.05) is 4.90 Å². The number of hydrogen-bond donors (Lipinski definition) is 0. The van der Waals surface area contributed by atoms with Gasteiger partial charge >= 0.3 is 0 Å². The molecular weight excluding hydrogens is 422 g/mol. The Balaban J connectivity index is 1.52. The fourth-order valence-electron chi connectivity index (χ4n) is 4.52. The minimum atomic E-state index is 0.586. The number of rotatable bonds is 7. The summed E-state index contributed by atoms with van der Waals surface area (Å²) in [7, 11) is 0. The van der Waals surface area contributed by atoms with E-state index in [0.29, 0.717) is 5.92 Å². The SMILES string of the molecule is CCC(C)c1ccc(-c2cccc(N(c3ccccc3)c3ccc(-c4ccccc4)cc3)c2)cc1. The molecule has 0 heterocycles. The summed E-state index contributed by atoms with van der Waals surface area (Å²) in [5.41, 5.74) is 9.74. The molecule has 35 heavy (non-hydrogen) atoms. The first kappa shape index (κ1) is 22.7. The second kappa shape index (κ2) is 10.4. The van der Waals surface area contributed by atoms with Crippen LogP contribution in [0.3, 0.4) is 0 Å². The third-order valence-corrected chi connectivity index (χ3v) is 6.78. The van der Waals surface area contributed by atoms with E-state index in [1.54, 1.807) is 0 Å². The van der Waals surface area contributed by atoms with Crippen LogP contribution in [0.2, 0.25) is 0 Å². The summed E-state index contributed by atoms with van der Waals surface area (Å²) in [6, 6.07) is 47.8. The fourth-order valence-corrected chi connectivity index (χ4v) is 4.52. The van der Waals surface area contributed by atoms with E-state index < -0.39 is 0 Å². The molecule has 1 nitrogen and oxygen atoms in total. The summed E-state index contributed by atoms with van der Waals surface area (Å²) in [4.78, 5) is 2.33. The highest BCUT2D eigenvalue weighted by molar-refractivity contribution is 5.81. The molecule has 172 valence electrons. The molecule has 0 spiro atoms. The van der Waals surface area contributed by atoms with Gasteiger partial charge in [-0.25, -0.2) is 0 Å². The first-order chi connectivity index (χ1) is 17.2. The Morgan fingerprint density at radius 1 is 0.486 bits per heavy atom. The quantitative estimate of drug-likeness (QED) is 0.237. The molecule has 0 N–H and O–H groups in total. The third kappa shape index (κ3) is 5.05. The van der Waals surface area contributed by atoms with Gasteiger partial charge in [-0.05, 0) is 76.6 Å². The normalized spacial score (nSPS) is 11.7. The number of para-hydroxylation sites is 1. The molecular formula is C34H31N. The lowest BCUT2D eigenvalue weighted by molar-refractivity contribution is 0.734. The number of benzene rings is 5. The fraction of sp³-hybridized carbons (Fsp3) is 0.118. The molecule has 1 heteroatoms. The monoisotopic (exact) mass is 453 g/mol. The Hall–Kier alpha value is -4.10. The minimum absolute atomic E-state index is 0.586. The first-order valence-electron chi connectivity index (χ1n) is 12.4. The van der Waals surface area contributed by atoms with Crippen molar-refractivity contribution in [2.45, 2.75) is 26.2 Å². The molecule has 0 aliphatic carbocycles. The smallest absolute Gasteiger partial charge is 0.0467 e. The average Bonchev–Trinajstić information content (AvgIpc) is 2.94. The molecule has 0 radical (unpaired) electrons. The molecule has 0 saturated heterocycles. The van der Waals surface area contributed by atoms with Crippen LogP contribution < -0.4 is 4.90 Å². The summed E-state index contributed by atoms with van der Waals surface area (Å²) in [6.45, 7) is 4.53. The molecule has 0 saturated carbocycles. The maximum Gasteiger partial charge on any atom is 0.0467 e. The predicted octanol–water partition coefficient (Wildman–Crippen LogP) is 10.0. The largest absolute Gasteiger partial charge is 0.310 e. The highest BCUT2D eigenvalue weighted by Crippen LogP contribution is 2.37. The van der Waals surface area contributed by atoms with Crippen LogP contribution in [0, 0.1) is 0 Å². The van der Waals surface area contributed by atoms with Gasteiger partial charge in [0.05, 0.1) is 0 Å². The lowest BCUT2D eigenvalue weighted by Gasteiger charge is -2.26. The van der Waals surface area contributed by atoms with Crippen LogP contribution >= 0.6 is 0 Å². The van der Waals surface area contributed by atoms with Crippen LogP contribution in [-0.2, 0) is 0 Å². The molecule has 0 fully saturated rings. The van der Waals surface area contributed by atoms with Crippen molar-refractivity contribution < 1.29 is 0 Å². The molecule has 0 amide bonds. The van der Waals surface area contributed by atoms with Gasteiger partial charge in [0.1, 0.15) is 0 Å². The van der Waals surface area contributed by atoms with E-state index in [1.807, 2.05) is 0 Å². The predicted molar refractivity (Wildman–Crippen MR) is 151 cm³/mol. The van der Waals surface area contributed by atoms with Crippen LogP contribution in [0.15, 0.2) is 133 Å². The molecule has 5 rings (SSSR count). The minimum Gasteiger partial charge on any atom is -0.310 e. The van der Waals surface area contributed by atoms with Gasteiger partial charge in [0, 0.05) is 17.1 Å². The Morgan fingerprint density at radius 3 is 1.63 bits per heavy atom. The van der Waals surface area contributed by atoms with Gasteiger partial charge in [-0.2, -0.15) is 0 Å². The second-order valence-electron chi connectivity index (χ2n) is 9.07. The summed E-state index contributed by atoms with van der Waals surface area (Å²) in [5.74, 6) is 0.586. The molecule has 0 aromatic heterocycles. The topological polar surface area (TPSA) is 3.24 Å².